The molecule has 1 fully saturated rings. The average molecular weight is 286 g/mol. The molecule has 4 nitrogen and oxygen atoms in total. The lowest BCUT2D eigenvalue weighted by molar-refractivity contribution is -0.140. The van der Waals surface area contributed by atoms with Crippen LogP contribution in [0.25, 0.3) is 0 Å². The maximum Gasteiger partial charge on any atom is 0.244 e. The van der Waals surface area contributed by atoms with E-state index in [1.54, 1.807) is 16.7 Å². The summed E-state index contributed by atoms with van der Waals surface area (Å²) in [5, 5.41) is 2.96. The Kier molecular flexibility index (Phi) is 4.93. The Morgan fingerprint density at radius 1 is 1.21 bits per heavy atom. The smallest absolute Gasteiger partial charge is 0.244 e. The van der Waals surface area contributed by atoms with E-state index in [1.165, 1.54) is 0 Å². The third-order valence-corrected chi connectivity index (χ3v) is 3.70. The number of thioether (sulfide) groups is 1. The summed E-state index contributed by atoms with van der Waals surface area (Å²) >= 11 is 1.64. The van der Waals surface area contributed by atoms with Crippen molar-refractivity contribution in [3.8, 4) is 0 Å². The predicted molar refractivity (Wildman–Crippen MR) is 79.9 cm³/mol. The summed E-state index contributed by atoms with van der Waals surface area (Å²) in [7, 11) is 0. The molecule has 0 saturated carbocycles. The van der Waals surface area contributed by atoms with E-state index in [0.717, 1.165) is 0 Å². The highest BCUT2D eigenvalue weighted by Crippen LogP contribution is 2.26. The number of nitrogens with one attached hydrogen (secondary N) is 1. The minimum atomic E-state index is -0.320. The Balaban J connectivity index is 2.69. The molecule has 1 aliphatic heterocycles. The normalized spacial score (nSPS) is 20.5. The molecule has 2 amide bonds. The highest BCUT2D eigenvalue weighted by Gasteiger charge is 2.36. The van der Waals surface area contributed by atoms with Gasteiger partial charge in [-0.15, -0.1) is 11.8 Å². The molecule has 5 heteroatoms. The number of rotatable bonds is 2. The monoisotopic (exact) mass is 286 g/mol. The molecule has 1 N–H and O–H groups in total. The highest BCUT2D eigenvalue weighted by molar-refractivity contribution is 7.99. The van der Waals surface area contributed by atoms with Crippen LogP contribution in [0.4, 0.5) is 0 Å². The van der Waals surface area contributed by atoms with Gasteiger partial charge in [-0.2, -0.15) is 0 Å². The molecule has 0 radical (unpaired) electrons. The summed E-state index contributed by atoms with van der Waals surface area (Å²) in [5.74, 6) is 1.35. The minimum Gasteiger partial charge on any atom is -0.350 e. The van der Waals surface area contributed by atoms with Crippen molar-refractivity contribution in [2.75, 3.05) is 11.6 Å². The number of carbonyl (C=O) groups is 2. The Morgan fingerprint density at radius 2 is 1.79 bits per heavy atom. The third-order valence-electron chi connectivity index (χ3n) is 2.69. The van der Waals surface area contributed by atoms with Crippen molar-refractivity contribution in [2.45, 2.75) is 59.5 Å². The van der Waals surface area contributed by atoms with Crippen molar-refractivity contribution in [2.24, 2.45) is 5.41 Å². The van der Waals surface area contributed by atoms with E-state index in [1.807, 2.05) is 41.5 Å². The molecule has 1 unspecified atom stereocenters. The zero-order chi connectivity index (χ0) is 14.8. The van der Waals surface area contributed by atoms with E-state index >= 15 is 0 Å². The minimum absolute atomic E-state index is 0.0419. The highest BCUT2D eigenvalue weighted by atomic mass is 32.2. The molecule has 0 bridgehead atoms. The fourth-order valence-electron chi connectivity index (χ4n) is 1.91. The van der Waals surface area contributed by atoms with E-state index in [9.17, 15) is 9.59 Å². The molecule has 1 aliphatic rings. The first-order valence-corrected chi connectivity index (χ1v) is 7.84. The van der Waals surface area contributed by atoms with Gasteiger partial charge < -0.3 is 10.2 Å². The van der Waals surface area contributed by atoms with Crippen molar-refractivity contribution < 1.29 is 9.59 Å². The molecule has 1 rings (SSSR count). The zero-order valence-corrected chi connectivity index (χ0v) is 13.7. The predicted octanol–water partition coefficient (Wildman–Crippen LogP) is 2.24. The lowest BCUT2D eigenvalue weighted by atomic mass is 9.91. The topological polar surface area (TPSA) is 49.4 Å². The van der Waals surface area contributed by atoms with Crippen LogP contribution in [0.3, 0.4) is 0 Å². The van der Waals surface area contributed by atoms with E-state index in [4.69, 9.17) is 0 Å². The van der Waals surface area contributed by atoms with Gasteiger partial charge in [0, 0.05) is 17.7 Å². The van der Waals surface area contributed by atoms with Crippen LogP contribution in [0.15, 0.2) is 0 Å². The summed E-state index contributed by atoms with van der Waals surface area (Å²) in [6.07, 6.45) is 0.479. The second kappa shape index (κ2) is 5.73. The lowest BCUT2D eigenvalue weighted by Gasteiger charge is -2.29. The molecule has 0 aromatic rings. The van der Waals surface area contributed by atoms with Gasteiger partial charge in [-0.1, -0.05) is 20.8 Å². The van der Waals surface area contributed by atoms with E-state index in [0.29, 0.717) is 18.1 Å². The standard InChI is InChI=1S/C14H26N2O2S/c1-13(2,3)7-11(17)16-9-19-8-10(16)12(18)15-14(4,5)6/h10H,7-9H2,1-6H3,(H,15,18). The summed E-state index contributed by atoms with van der Waals surface area (Å²) in [5.41, 5.74) is -0.307. The largest absolute Gasteiger partial charge is 0.350 e. The molecule has 1 atom stereocenters. The molecule has 19 heavy (non-hydrogen) atoms. The van der Waals surface area contributed by atoms with E-state index in [-0.39, 0.29) is 28.8 Å². The maximum atomic E-state index is 12.3. The van der Waals surface area contributed by atoms with Gasteiger partial charge in [-0.25, -0.2) is 0 Å². The Hall–Kier alpha value is -0.710. The Morgan fingerprint density at radius 3 is 2.26 bits per heavy atom. The molecule has 0 aromatic carbocycles. The second-order valence-corrected chi connectivity index (χ2v) is 8.36. The van der Waals surface area contributed by atoms with Gasteiger partial charge in [0.25, 0.3) is 0 Å². The number of amides is 2. The molecule has 0 spiro atoms. The van der Waals surface area contributed by atoms with Crippen LogP contribution in [-0.2, 0) is 9.59 Å². The van der Waals surface area contributed by atoms with Gasteiger partial charge in [-0.3, -0.25) is 9.59 Å². The SMILES string of the molecule is CC(C)(C)CC(=O)N1CSCC1C(=O)NC(C)(C)C. The number of nitrogens with zero attached hydrogens (tertiary/aromatic N) is 1. The van der Waals surface area contributed by atoms with Crippen LogP contribution in [0.2, 0.25) is 0 Å². The fourth-order valence-corrected chi connectivity index (χ4v) is 3.09. The van der Waals surface area contributed by atoms with Gasteiger partial charge in [0.05, 0.1) is 5.88 Å². The van der Waals surface area contributed by atoms with Gasteiger partial charge in [-0.05, 0) is 26.2 Å². The van der Waals surface area contributed by atoms with Crippen LogP contribution >= 0.6 is 11.8 Å². The summed E-state index contributed by atoms with van der Waals surface area (Å²) in [6, 6.07) is -0.320. The van der Waals surface area contributed by atoms with E-state index in [2.05, 4.69) is 5.32 Å². The van der Waals surface area contributed by atoms with Crippen LogP contribution in [0.5, 0.6) is 0 Å². The quantitative estimate of drug-likeness (QED) is 0.847. The molecular formula is C14H26N2O2S. The molecular weight excluding hydrogens is 260 g/mol. The van der Waals surface area contributed by atoms with Crippen LogP contribution in [0, 0.1) is 5.41 Å². The Bertz CT molecular complexity index is 321. The van der Waals surface area contributed by atoms with Crippen molar-refractivity contribution in [3.05, 3.63) is 0 Å². The molecule has 0 aromatic heterocycles. The first-order valence-electron chi connectivity index (χ1n) is 6.69. The lowest BCUT2D eigenvalue weighted by Crippen LogP contribution is -2.52. The van der Waals surface area contributed by atoms with Crippen molar-refractivity contribution in [1.82, 2.24) is 10.2 Å². The van der Waals surface area contributed by atoms with Gasteiger partial charge >= 0.3 is 0 Å². The number of carbonyl (C=O) groups excluding carboxylic acids is 2. The van der Waals surface area contributed by atoms with Crippen LogP contribution < -0.4 is 5.32 Å². The van der Waals surface area contributed by atoms with E-state index < -0.39 is 0 Å². The molecule has 1 saturated heterocycles. The van der Waals surface area contributed by atoms with Crippen molar-refractivity contribution >= 4 is 23.6 Å². The fraction of sp³-hybridized carbons (Fsp3) is 0.857. The van der Waals surface area contributed by atoms with Crippen LogP contribution in [-0.4, -0.2) is 39.9 Å². The third kappa shape index (κ3) is 5.43. The van der Waals surface area contributed by atoms with Gasteiger partial charge in [0.15, 0.2) is 0 Å². The summed E-state index contributed by atoms with van der Waals surface area (Å²) in [4.78, 5) is 26.2. The molecule has 1 heterocycles. The Labute approximate surface area is 120 Å². The first-order chi connectivity index (χ1) is 8.49. The van der Waals surface area contributed by atoms with Crippen molar-refractivity contribution in [1.29, 1.82) is 0 Å². The maximum absolute atomic E-state index is 12.3. The molecule has 0 aliphatic carbocycles. The average Bonchev–Trinajstić information content (AvgIpc) is 2.59. The zero-order valence-electron chi connectivity index (χ0n) is 12.9. The van der Waals surface area contributed by atoms with Gasteiger partial charge in [0.1, 0.15) is 6.04 Å². The second-order valence-electron chi connectivity index (χ2n) is 7.36. The summed E-state index contributed by atoms with van der Waals surface area (Å²) < 4.78 is 0. The number of hydrogen-bond acceptors (Lipinski definition) is 3. The van der Waals surface area contributed by atoms with Crippen molar-refractivity contribution in [3.63, 3.8) is 0 Å². The van der Waals surface area contributed by atoms with Gasteiger partial charge in [0.2, 0.25) is 11.8 Å². The first kappa shape index (κ1) is 16.3. The van der Waals surface area contributed by atoms with Crippen LogP contribution in [0.1, 0.15) is 48.0 Å². The summed E-state index contributed by atoms with van der Waals surface area (Å²) in [6.45, 7) is 12.0. The number of hydrogen-bond donors (Lipinski definition) is 1. The molecule has 110 valence electrons.